The monoisotopic (exact) mass is 292 g/mol. The topological polar surface area (TPSA) is 55.0 Å². The van der Waals surface area contributed by atoms with Gasteiger partial charge in [-0.05, 0) is 13.8 Å². The van der Waals surface area contributed by atoms with E-state index >= 15 is 0 Å². The molecule has 0 aliphatic carbocycles. The van der Waals surface area contributed by atoms with Crippen molar-refractivity contribution in [2.75, 3.05) is 11.4 Å². The number of rotatable bonds is 5. The first-order valence-electron chi connectivity index (χ1n) is 5.15. The molecule has 0 fully saturated rings. The Morgan fingerprint density at radius 2 is 2.12 bits per heavy atom. The van der Waals surface area contributed by atoms with Crippen LogP contribution in [0, 0.1) is 0 Å². The van der Waals surface area contributed by atoms with E-state index < -0.39 is 0 Å². The van der Waals surface area contributed by atoms with Gasteiger partial charge in [-0.2, -0.15) is 0 Å². The Balaban J connectivity index is 2.96. The summed E-state index contributed by atoms with van der Waals surface area (Å²) < 4.78 is 0. The van der Waals surface area contributed by atoms with Gasteiger partial charge >= 0.3 is 0 Å². The maximum absolute atomic E-state index is 6.01. The minimum Gasteiger partial charge on any atom is -0.393 e. The second-order valence-electron chi connectivity index (χ2n) is 3.85. The second kappa shape index (κ2) is 6.33. The molecule has 94 valence electrons. The van der Waals surface area contributed by atoms with E-state index in [-0.39, 0.29) is 6.04 Å². The third kappa shape index (κ3) is 4.26. The minimum absolute atomic E-state index is 0.238. The van der Waals surface area contributed by atoms with Gasteiger partial charge in [0.1, 0.15) is 0 Å². The zero-order chi connectivity index (χ0) is 13.0. The third-order valence-electron chi connectivity index (χ3n) is 2.23. The van der Waals surface area contributed by atoms with Gasteiger partial charge in [0.25, 0.3) is 0 Å². The summed E-state index contributed by atoms with van der Waals surface area (Å²) in [4.78, 5) is 2.52. The van der Waals surface area contributed by atoms with E-state index in [1.165, 1.54) is 0 Å². The maximum atomic E-state index is 6.01. The van der Waals surface area contributed by atoms with E-state index in [4.69, 9.17) is 41.2 Å². The summed E-state index contributed by atoms with van der Waals surface area (Å²) in [7, 11) is 0. The highest BCUT2D eigenvalue weighted by Gasteiger charge is 2.16. The van der Waals surface area contributed by atoms with E-state index in [2.05, 4.69) is 10.2 Å². The molecule has 1 aromatic heterocycles. The van der Waals surface area contributed by atoms with Crippen molar-refractivity contribution in [2.45, 2.75) is 26.3 Å². The standard InChI is InChI=1S/C10H14Cl2N4S/c1-6(2)16(4-3-9(13)17)7-5-8(11)14-15-10(7)12/h5-6H,3-4H2,1-2H3,(H2,13,17). The smallest absolute Gasteiger partial charge is 0.175 e. The number of hydrogen-bond donors (Lipinski definition) is 1. The maximum Gasteiger partial charge on any atom is 0.175 e. The highest BCUT2D eigenvalue weighted by atomic mass is 35.5. The number of nitrogens with two attached hydrogens (primary N) is 1. The number of anilines is 1. The van der Waals surface area contributed by atoms with Crippen LogP contribution in [0.15, 0.2) is 6.07 Å². The lowest BCUT2D eigenvalue weighted by molar-refractivity contribution is 0.688. The molecule has 2 N–H and O–H groups in total. The number of halogens is 2. The molecule has 0 radical (unpaired) electrons. The van der Waals surface area contributed by atoms with Crippen LogP contribution in [0.5, 0.6) is 0 Å². The van der Waals surface area contributed by atoms with Gasteiger partial charge < -0.3 is 10.6 Å². The van der Waals surface area contributed by atoms with Gasteiger partial charge in [-0.1, -0.05) is 35.4 Å². The fraction of sp³-hybridized carbons (Fsp3) is 0.500. The van der Waals surface area contributed by atoms with Crippen molar-refractivity contribution in [3.63, 3.8) is 0 Å². The SMILES string of the molecule is CC(C)N(CCC(N)=S)c1cc(Cl)nnc1Cl. The zero-order valence-electron chi connectivity index (χ0n) is 9.65. The van der Waals surface area contributed by atoms with Gasteiger partial charge in [-0.15, -0.1) is 10.2 Å². The average molecular weight is 293 g/mol. The van der Waals surface area contributed by atoms with Crippen molar-refractivity contribution in [3.05, 3.63) is 16.4 Å². The summed E-state index contributed by atoms with van der Waals surface area (Å²) in [6.45, 7) is 4.77. The van der Waals surface area contributed by atoms with E-state index in [1.54, 1.807) is 6.07 Å². The van der Waals surface area contributed by atoms with Gasteiger partial charge in [0.2, 0.25) is 0 Å². The molecule has 0 amide bonds. The first-order valence-corrected chi connectivity index (χ1v) is 6.32. The van der Waals surface area contributed by atoms with Gasteiger partial charge in [0, 0.05) is 25.1 Å². The van der Waals surface area contributed by atoms with Gasteiger partial charge in [-0.25, -0.2) is 0 Å². The Hall–Kier alpha value is -0.650. The molecule has 0 aliphatic heterocycles. The summed E-state index contributed by atoms with van der Waals surface area (Å²) in [6.07, 6.45) is 0.615. The molecule has 0 aliphatic rings. The predicted molar refractivity (Wildman–Crippen MR) is 75.9 cm³/mol. The van der Waals surface area contributed by atoms with Crippen LogP contribution in [0.4, 0.5) is 5.69 Å². The van der Waals surface area contributed by atoms with Gasteiger partial charge in [-0.3, -0.25) is 0 Å². The fourth-order valence-electron chi connectivity index (χ4n) is 1.43. The summed E-state index contributed by atoms with van der Waals surface area (Å²) in [5.74, 6) is 0. The van der Waals surface area contributed by atoms with Crippen LogP contribution in [0.2, 0.25) is 10.3 Å². The molecule has 0 aromatic carbocycles. The van der Waals surface area contributed by atoms with Crippen LogP contribution in [0.25, 0.3) is 0 Å². The molecule has 1 aromatic rings. The molecule has 4 nitrogen and oxygen atoms in total. The largest absolute Gasteiger partial charge is 0.393 e. The highest BCUT2D eigenvalue weighted by Crippen LogP contribution is 2.27. The van der Waals surface area contributed by atoms with Crippen LogP contribution in [-0.2, 0) is 0 Å². The molecular formula is C10H14Cl2N4S. The number of hydrogen-bond acceptors (Lipinski definition) is 4. The predicted octanol–water partition coefficient (Wildman–Crippen LogP) is 2.67. The Morgan fingerprint density at radius 1 is 1.47 bits per heavy atom. The Bertz CT molecular complexity index is 411. The van der Waals surface area contributed by atoms with Crippen LogP contribution >= 0.6 is 35.4 Å². The summed E-state index contributed by atoms with van der Waals surface area (Å²) in [5, 5.41) is 8.11. The molecule has 0 atom stereocenters. The van der Waals surface area contributed by atoms with Gasteiger partial charge in [0.15, 0.2) is 10.3 Å². The lowest BCUT2D eigenvalue weighted by Crippen LogP contribution is -2.34. The molecule has 0 bridgehead atoms. The number of aromatic nitrogens is 2. The van der Waals surface area contributed by atoms with Crippen LogP contribution < -0.4 is 10.6 Å². The Labute approximate surface area is 116 Å². The molecule has 0 saturated heterocycles. The van der Waals surface area contributed by atoms with Crippen molar-refractivity contribution in [1.29, 1.82) is 0 Å². The molecule has 17 heavy (non-hydrogen) atoms. The Kier molecular flexibility index (Phi) is 5.36. The van der Waals surface area contributed by atoms with Crippen LogP contribution in [-0.4, -0.2) is 27.8 Å². The number of nitrogens with zero attached hydrogens (tertiary/aromatic N) is 3. The highest BCUT2D eigenvalue weighted by molar-refractivity contribution is 7.80. The molecule has 0 spiro atoms. The third-order valence-corrected chi connectivity index (χ3v) is 2.89. The Morgan fingerprint density at radius 3 is 2.65 bits per heavy atom. The van der Waals surface area contributed by atoms with Crippen molar-refractivity contribution in [2.24, 2.45) is 5.73 Å². The molecular weight excluding hydrogens is 279 g/mol. The summed E-state index contributed by atoms with van der Waals surface area (Å²) in [5.41, 5.74) is 6.25. The fourth-order valence-corrected chi connectivity index (χ4v) is 1.87. The molecule has 0 unspecified atom stereocenters. The van der Waals surface area contributed by atoms with Crippen molar-refractivity contribution in [3.8, 4) is 0 Å². The molecule has 1 heterocycles. The van der Waals surface area contributed by atoms with E-state index in [9.17, 15) is 0 Å². The summed E-state index contributed by atoms with van der Waals surface area (Å²) >= 11 is 16.7. The normalized spacial score (nSPS) is 10.6. The second-order valence-corrected chi connectivity index (χ2v) is 5.12. The summed E-state index contributed by atoms with van der Waals surface area (Å²) in [6, 6.07) is 1.93. The lowest BCUT2D eigenvalue weighted by atomic mass is 10.2. The molecule has 1 rings (SSSR count). The zero-order valence-corrected chi connectivity index (χ0v) is 12.0. The molecule has 7 heteroatoms. The van der Waals surface area contributed by atoms with Crippen LogP contribution in [0.3, 0.4) is 0 Å². The first-order chi connectivity index (χ1) is 7.91. The minimum atomic E-state index is 0.238. The lowest BCUT2D eigenvalue weighted by Gasteiger charge is -2.29. The first kappa shape index (κ1) is 14.4. The van der Waals surface area contributed by atoms with E-state index in [0.717, 1.165) is 5.69 Å². The van der Waals surface area contributed by atoms with Crippen molar-refractivity contribution < 1.29 is 0 Å². The van der Waals surface area contributed by atoms with E-state index in [0.29, 0.717) is 28.3 Å². The van der Waals surface area contributed by atoms with Gasteiger partial charge in [0.05, 0.1) is 10.7 Å². The average Bonchev–Trinajstić information content (AvgIpc) is 2.22. The van der Waals surface area contributed by atoms with E-state index in [1.807, 2.05) is 18.7 Å². The van der Waals surface area contributed by atoms with Crippen molar-refractivity contribution >= 4 is 46.1 Å². The van der Waals surface area contributed by atoms with Crippen molar-refractivity contribution in [1.82, 2.24) is 10.2 Å². The molecule has 0 saturated carbocycles. The van der Waals surface area contributed by atoms with Crippen LogP contribution in [0.1, 0.15) is 20.3 Å². The quantitative estimate of drug-likeness (QED) is 0.846. The number of thiocarbonyl (C=S) groups is 1.